The Hall–Kier alpha value is -2.15. The monoisotopic (exact) mass is 323 g/mol. The quantitative estimate of drug-likeness (QED) is 0.530. The maximum absolute atomic E-state index is 11.9. The van der Waals surface area contributed by atoms with E-state index in [4.69, 9.17) is 0 Å². The highest BCUT2D eigenvalue weighted by atomic mass is 16.6. The zero-order chi connectivity index (χ0) is 17.6. The molecular weight excluding hydrogens is 298 g/mol. The van der Waals surface area contributed by atoms with E-state index in [1.807, 2.05) is 13.8 Å². The van der Waals surface area contributed by atoms with E-state index in [0.29, 0.717) is 24.0 Å². The van der Waals surface area contributed by atoms with Crippen molar-refractivity contribution in [2.75, 3.05) is 6.54 Å². The molecule has 1 atom stereocenters. The fourth-order valence-electron chi connectivity index (χ4n) is 2.17. The topological polar surface area (TPSA) is 104 Å². The smallest absolute Gasteiger partial charge is 0.315 e. The molecule has 0 aliphatic carbocycles. The van der Waals surface area contributed by atoms with Gasteiger partial charge in [0.2, 0.25) is 0 Å². The minimum Gasteiger partial charge on any atom is -0.388 e. The molecule has 1 aromatic rings. The summed E-state index contributed by atoms with van der Waals surface area (Å²) in [6.07, 6.45) is 1.09. The van der Waals surface area contributed by atoms with Gasteiger partial charge in [-0.1, -0.05) is 26.0 Å². The van der Waals surface area contributed by atoms with Gasteiger partial charge in [0.1, 0.15) is 0 Å². The molecule has 23 heavy (non-hydrogen) atoms. The van der Waals surface area contributed by atoms with Crippen molar-refractivity contribution in [1.82, 2.24) is 10.6 Å². The summed E-state index contributed by atoms with van der Waals surface area (Å²) in [6.45, 7) is 7.30. The molecule has 0 saturated carbocycles. The van der Waals surface area contributed by atoms with Gasteiger partial charge in [0.15, 0.2) is 0 Å². The molecule has 0 spiro atoms. The number of hydrogen-bond donors (Lipinski definition) is 3. The number of amides is 2. The predicted molar refractivity (Wildman–Crippen MR) is 88.3 cm³/mol. The number of rotatable bonds is 7. The lowest BCUT2D eigenvalue weighted by atomic mass is 9.98. The van der Waals surface area contributed by atoms with Gasteiger partial charge in [-0.05, 0) is 32.3 Å². The standard InChI is InChI=1S/C16H25N3O4/c1-5-16(21,6-2)10-17-15(20)18-12(4)13-8-7-11(3)14(9-13)19(22)23/h7-9,12,21H,5-6,10H2,1-4H3,(H2,17,18,20). The van der Waals surface area contributed by atoms with Gasteiger partial charge in [0, 0.05) is 18.2 Å². The minimum absolute atomic E-state index is 0.0305. The lowest BCUT2D eigenvalue weighted by Crippen LogP contribution is -2.46. The van der Waals surface area contributed by atoms with Crippen LogP contribution in [-0.2, 0) is 0 Å². The van der Waals surface area contributed by atoms with E-state index < -0.39 is 16.6 Å². The van der Waals surface area contributed by atoms with Crippen LogP contribution >= 0.6 is 0 Å². The fraction of sp³-hybridized carbons (Fsp3) is 0.562. The molecule has 7 nitrogen and oxygen atoms in total. The molecule has 0 aliphatic rings. The molecule has 0 bridgehead atoms. The van der Waals surface area contributed by atoms with Gasteiger partial charge in [-0.15, -0.1) is 0 Å². The second-order valence-corrected chi connectivity index (χ2v) is 5.78. The number of hydrogen-bond acceptors (Lipinski definition) is 4. The van der Waals surface area contributed by atoms with Gasteiger partial charge in [0.05, 0.1) is 16.6 Å². The highest BCUT2D eigenvalue weighted by molar-refractivity contribution is 5.74. The number of benzene rings is 1. The molecule has 1 aromatic carbocycles. The Labute approximate surface area is 136 Å². The van der Waals surface area contributed by atoms with Crippen LogP contribution in [0.25, 0.3) is 0 Å². The molecule has 0 heterocycles. The molecule has 3 N–H and O–H groups in total. The van der Waals surface area contributed by atoms with Gasteiger partial charge < -0.3 is 15.7 Å². The first-order valence-corrected chi connectivity index (χ1v) is 7.74. The maximum Gasteiger partial charge on any atom is 0.315 e. The van der Waals surface area contributed by atoms with Crippen LogP contribution in [0.3, 0.4) is 0 Å². The molecule has 2 amide bonds. The summed E-state index contributed by atoms with van der Waals surface area (Å²) in [5, 5.41) is 26.5. The number of carbonyl (C=O) groups excluding carboxylic acids is 1. The molecular formula is C16H25N3O4. The Morgan fingerprint density at radius 2 is 2.00 bits per heavy atom. The molecule has 7 heteroatoms. The number of nitro groups is 1. The molecule has 1 rings (SSSR count). The summed E-state index contributed by atoms with van der Waals surface area (Å²) in [4.78, 5) is 22.5. The number of aliphatic hydroxyl groups is 1. The zero-order valence-electron chi connectivity index (χ0n) is 14.0. The number of nitrogens with zero attached hydrogens (tertiary/aromatic N) is 1. The first-order chi connectivity index (χ1) is 10.7. The van der Waals surface area contributed by atoms with Gasteiger partial charge in [-0.2, -0.15) is 0 Å². The Balaban J connectivity index is 2.69. The van der Waals surface area contributed by atoms with Crippen LogP contribution in [0, 0.1) is 17.0 Å². The second-order valence-electron chi connectivity index (χ2n) is 5.78. The molecule has 1 unspecified atom stereocenters. The fourth-order valence-corrected chi connectivity index (χ4v) is 2.17. The van der Waals surface area contributed by atoms with Crippen molar-refractivity contribution in [1.29, 1.82) is 0 Å². The molecule has 0 fully saturated rings. The van der Waals surface area contributed by atoms with E-state index in [1.54, 1.807) is 26.0 Å². The average Bonchev–Trinajstić information content (AvgIpc) is 2.52. The largest absolute Gasteiger partial charge is 0.388 e. The molecule has 128 valence electrons. The highest BCUT2D eigenvalue weighted by Crippen LogP contribution is 2.23. The van der Waals surface area contributed by atoms with Crippen LogP contribution in [0.5, 0.6) is 0 Å². The number of urea groups is 1. The number of nitrogens with one attached hydrogen (secondary N) is 2. The Kier molecular flexibility index (Phi) is 6.50. The van der Waals surface area contributed by atoms with Crippen LogP contribution in [0.1, 0.15) is 50.8 Å². The van der Waals surface area contributed by atoms with Gasteiger partial charge in [-0.3, -0.25) is 10.1 Å². The Morgan fingerprint density at radius 1 is 1.39 bits per heavy atom. The van der Waals surface area contributed by atoms with Crippen molar-refractivity contribution >= 4 is 11.7 Å². The van der Waals surface area contributed by atoms with Crippen LogP contribution in [0.2, 0.25) is 0 Å². The van der Waals surface area contributed by atoms with E-state index in [0.717, 1.165) is 0 Å². The predicted octanol–water partition coefficient (Wildman–Crippen LogP) is 2.81. The summed E-state index contributed by atoms with van der Waals surface area (Å²) < 4.78 is 0. The van der Waals surface area contributed by atoms with E-state index in [1.165, 1.54) is 6.07 Å². The van der Waals surface area contributed by atoms with Gasteiger partial charge >= 0.3 is 6.03 Å². The van der Waals surface area contributed by atoms with Gasteiger partial charge in [-0.25, -0.2) is 4.79 Å². The first-order valence-electron chi connectivity index (χ1n) is 7.74. The maximum atomic E-state index is 11.9. The lowest BCUT2D eigenvalue weighted by Gasteiger charge is -2.26. The van der Waals surface area contributed by atoms with E-state index in [-0.39, 0.29) is 18.3 Å². The van der Waals surface area contributed by atoms with Crippen molar-refractivity contribution in [3.63, 3.8) is 0 Å². The van der Waals surface area contributed by atoms with Crippen LogP contribution < -0.4 is 10.6 Å². The SMILES string of the molecule is CCC(O)(CC)CNC(=O)NC(C)c1ccc(C)c([N+](=O)[O-])c1. The first kappa shape index (κ1) is 18.9. The van der Waals surface area contributed by atoms with E-state index in [9.17, 15) is 20.0 Å². The number of carbonyl (C=O) groups is 1. The minimum atomic E-state index is -0.913. The normalized spacial score (nSPS) is 12.6. The number of aryl methyl sites for hydroxylation is 1. The van der Waals surface area contributed by atoms with E-state index in [2.05, 4.69) is 10.6 Å². The van der Waals surface area contributed by atoms with Crippen LogP contribution in [0.4, 0.5) is 10.5 Å². The van der Waals surface area contributed by atoms with Crippen LogP contribution in [-0.4, -0.2) is 28.2 Å². The highest BCUT2D eigenvalue weighted by Gasteiger charge is 2.23. The average molecular weight is 323 g/mol. The second kappa shape index (κ2) is 7.92. The Bertz CT molecular complexity index is 570. The third kappa shape index (κ3) is 5.21. The summed E-state index contributed by atoms with van der Waals surface area (Å²) in [5.74, 6) is 0. The van der Waals surface area contributed by atoms with Crippen molar-refractivity contribution in [3.8, 4) is 0 Å². The summed E-state index contributed by atoms with van der Waals surface area (Å²) in [7, 11) is 0. The summed E-state index contributed by atoms with van der Waals surface area (Å²) in [6, 6.07) is 4.08. The zero-order valence-corrected chi connectivity index (χ0v) is 14.0. The lowest BCUT2D eigenvalue weighted by molar-refractivity contribution is -0.385. The van der Waals surface area contributed by atoms with Crippen molar-refractivity contribution in [2.45, 2.75) is 52.2 Å². The number of nitro benzene ring substituents is 1. The van der Waals surface area contributed by atoms with Crippen molar-refractivity contribution in [3.05, 3.63) is 39.4 Å². The van der Waals surface area contributed by atoms with Crippen molar-refractivity contribution in [2.24, 2.45) is 0 Å². The third-order valence-corrected chi connectivity index (χ3v) is 4.17. The van der Waals surface area contributed by atoms with Crippen LogP contribution in [0.15, 0.2) is 18.2 Å². The third-order valence-electron chi connectivity index (χ3n) is 4.17. The van der Waals surface area contributed by atoms with E-state index >= 15 is 0 Å². The molecule has 0 saturated heterocycles. The molecule has 0 aromatic heterocycles. The summed E-state index contributed by atoms with van der Waals surface area (Å²) >= 11 is 0. The van der Waals surface area contributed by atoms with Gasteiger partial charge in [0.25, 0.3) is 5.69 Å². The Morgan fingerprint density at radius 3 is 2.52 bits per heavy atom. The van der Waals surface area contributed by atoms with Crippen molar-refractivity contribution < 1.29 is 14.8 Å². The molecule has 0 aliphatic heterocycles. The summed E-state index contributed by atoms with van der Waals surface area (Å²) in [5.41, 5.74) is 0.344. The molecule has 0 radical (unpaired) electrons.